The highest BCUT2D eigenvalue weighted by Crippen LogP contribution is 2.40. The van der Waals surface area contributed by atoms with Crippen molar-refractivity contribution >= 4 is 46.3 Å². The third-order valence-electron chi connectivity index (χ3n) is 5.24. The molecule has 6 nitrogen and oxygen atoms in total. The van der Waals surface area contributed by atoms with Gasteiger partial charge in [0.25, 0.3) is 0 Å². The fourth-order valence-electron chi connectivity index (χ4n) is 3.73. The third-order valence-corrected chi connectivity index (χ3v) is 6.71. The lowest BCUT2D eigenvalue weighted by atomic mass is 10.2. The zero-order chi connectivity index (χ0) is 21.1. The van der Waals surface area contributed by atoms with Gasteiger partial charge in [0.2, 0.25) is 0 Å². The minimum absolute atomic E-state index is 0.469. The molecular formula is C21H23Cl2N5OS. The molecule has 1 aromatic carbocycles. The van der Waals surface area contributed by atoms with Crippen molar-refractivity contribution in [3.63, 3.8) is 0 Å². The number of nitrogens with one attached hydrogen (secondary N) is 1. The Kier molecular flexibility index (Phi) is 6.79. The number of pyridine rings is 1. The summed E-state index contributed by atoms with van der Waals surface area (Å²) in [4.78, 5) is 9.26. The molecule has 0 spiro atoms. The van der Waals surface area contributed by atoms with Crippen LogP contribution in [0.2, 0.25) is 10.0 Å². The van der Waals surface area contributed by atoms with E-state index in [-0.39, 0.29) is 0 Å². The highest BCUT2D eigenvalue weighted by Gasteiger charge is 2.24. The SMILES string of the molecule is Cc1cc(Cl)c(C#N)c(SCCN2CCN(c3cc(Cl)cc4c3OCCN4)CC2)n1. The summed E-state index contributed by atoms with van der Waals surface area (Å²) < 4.78 is 5.92. The maximum atomic E-state index is 9.35. The van der Waals surface area contributed by atoms with E-state index in [1.165, 1.54) is 0 Å². The molecule has 4 rings (SSSR count). The van der Waals surface area contributed by atoms with Crippen LogP contribution in [0.5, 0.6) is 5.75 Å². The molecule has 0 atom stereocenters. The van der Waals surface area contributed by atoms with Gasteiger partial charge in [-0.15, -0.1) is 11.8 Å². The van der Waals surface area contributed by atoms with Gasteiger partial charge in [0.15, 0.2) is 5.75 Å². The molecule has 0 radical (unpaired) electrons. The molecule has 0 unspecified atom stereocenters. The average molecular weight is 464 g/mol. The van der Waals surface area contributed by atoms with Crippen LogP contribution in [0.1, 0.15) is 11.3 Å². The minimum Gasteiger partial charge on any atom is -0.487 e. The number of anilines is 2. The first-order valence-corrected chi connectivity index (χ1v) is 11.7. The van der Waals surface area contributed by atoms with E-state index in [2.05, 4.69) is 26.2 Å². The first-order chi connectivity index (χ1) is 14.5. The van der Waals surface area contributed by atoms with Crippen molar-refractivity contribution in [3.05, 3.63) is 39.5 Å². The number of nitrogens with zero attached hydrogens (tertiary/aromatic N) is 4. The number of hydrogen-bond acceptors (Lipinski definition) is 7. The van der Waals surface area contributed by atoms with Crippen molar-refractivity contribution in [2.45, 2.75) is 11.9 Å². The second-order valence-electron chi connectivity index (χ2n) is 7.29. The number of fused-ring (bicyclic) bond motifs is 1. The molecule has 2 aliphatic heterocycles. The van der Waals surface area contributed by atoms with Crippen LogP contribution in [-0.2, 0) is 0 Å². The zero-order valence-electron chi connectivity index (χ0n) is 16.8. The molecule has 0 aliphatic carbocycles. The van der Waals surface area contributed by atoms with Crippen molar-refractivity contribution in [3.8, 4) is 11.8 Å². The Morgan fingerprint density at radius 1 is 1.23 bits per heavy atom. The summed E-state index contributed by atoms with van der Waals surface area (Å²) >= 11 is 14.1. The molecular weight excluding hydrogens is 441 g/mol. The lowest BCUT2D eigenvalue weighted by molar-refractivity contribution is 0.270. The van der Waals surface area contributed by atoms with E-state index in [9.17, 15) is 5.26 Å². The summed E-state index contributed by atoms with van der Waals surface area (Å²) in [5, 5.41) is 14.6. The van der Waals surface area contributed by atoms with Crippen molar-refractivity contribution in [1.82, 2.24) is 9.88 Å². The Balaban J connectivity index is 1.33. The van der Waals surface area contributed by atoms with Crippen LogP contribution in [0.3, 0.4) is 0 Å². The summed E-state index contributed by atoms with van der Waals surface area (Å²) in [6.07, 6.45) is 0. The van der Waals surface area contributed by atoms with Crippen LogP contribution >= 0.6 is 35.0 Å². The monoisotopic (exact) mass is 463 g/mol. The van der Waals surface area contributed by atoms with Crippen LogP contribution in [0, 0.1) is 18.3 Å². The summed E-state index contributed by atoms with van der Waals surface area (Å²) in [7, 11) is 0. The van der Waals surface area contributed by atoms with Gasteiger partial charge in [-0.3, -0.25) is 4.90 Å². The molecule has 3 heterocycles. The van der Waals surface area contributed by atoms with Gasteiger partial charge >= 0.3 is 0 Å². The number of piperazine rings is 1. The maximum absolute atomic E-state index is 9.35. The van der Waals surface area contributed by atoms with Crippen molar-refractivity contribution in [2.24, 2.45) is 0 Å². The van der Waals surface area contributed by atoms with E-state index in [4.69, 9.17) is 27.9 Å². The Morgan fingerprint density at radius 3 is 2.80 bits per heavy atom. The molecule has 2 aromatic rings. The fourth-order valence-corrected chi connectivity index (χ4v) is 5.34. The molecule has 158 valence electrons. The van der Waals surface area contributed by atoms with Crippen molar-refractivity contribution < 1.29 is 4.74 Å². The number of aryl methyl sites for hydroxylation is 1. The van der Waals surface area contributed by atoms with Crippen LogP contribution in [-0.4, -0.2) is 61.5 Å². The number of benzene rings is 1. The van der Waals surface area contributed by atoms with Gasteiger partial charge in [0.05, 0.1) is 16.4 Å². The molecule has 1 saturated heterocycles. The normalized spacial score (nSPS) is 16.4. The van der Waals surface area contributed by atoms with Gasteiger partial charge in [0.1, 0.15) is 23.3 Å². The average Bonchev–Trinajstić information content (AvgIpc) is 2.73. The van der Waals surface area contributed by atoms with Crippen LogP contribution in [0.15, 0.2) is 23.2 Å². The zero-order valence-corrected chi connectivity index (χ0v) is 19.1. The largest absolute Gasteiger partial charge is 0.487 e. The van der Waals surface area contributed by atoms with Gasteiger partial charge < -0.3 is 15.0 Å². The van der Waals surface area contributed by atoms with E-state index in [1.54, 1.807) is 17.8 Å². The van der Waals surface area contributed by atoms with E-state index >= 15 is 0 Å². The van der Waals surface area contributed by atoms with Crippen LogP contribution in [0.25, 0.3) is 0 Å². The molecule has 1 aromatic heterocycles. The maximum Gasteiger partial charge on any atom is 0.165 e. The standard InChI is InChI=1S/C21H23Cl2N5OS/c1-14-10-17(23)16(13-24)21(26-14)30-9-7-27-3-5-28(6-4-27)19-12-15(22)11-18-20(19)29-8-2-25-18/h10-12,25H,2-9H2,1H3. The first-order valence-electron chi connectivity index (χ1n) is 9.92. The number of thioether (sulfide) groups is 1. The molecule has 0 bridgehead atoms. The molecule has 0 amide bonds. The Labute approximate surface area is 191 Å². The predicted octanol–water partition coefficient (Wildman–Crippen LogP) is 4.29. The highest BCUT2D eigenvalue weighted by atomic mass is 35.5. The van der Waals surface area contributed by atoms with Crippen LogP contribution < -0.4 is 15.0 Å². The number of hydrogen-bond donors (Lipinski definition) is 1. The Hall–Kier alpha value is -1.85. The summed E-state index contributed by atoms with van der Waals surface area (Å²) in [6.45, 7) is 8.04. The predicted molar refractivity (Wildman–Crippen MR) is 124 cm³/mol. The Morgan fingerprint density at radius 2 is 2.03 bits per heavy atom. The van der Waals surface area contributed by atoms with Crippen molar-refractivity contribution in [1.29, 1.82) is 5.26 Å². The second-order valence-corrected chi connectivity index (χ2v) is 9.22. The molecule has 1 N–H and O–H groups in total. The van der Waals surface area contributed by atoms with Gasteiger partial charge in [0, 0.05) is 55.7 Å². The lowest BCUT2D eigenvalue weighted by Crippen LogP contribution is -2.47. The quantitative estimate of drug-likeness (QED) is 0.663. The van der Waals surface area contributed by atoms with Gasteiger partial charge in [-0.05, 0) is 25.1 Å². The molecule has 9 heteroatoms. The van der Waals surface area contributed by atoms with E-state index in [1.807, 2.05) is 19.1 Å². The third kappa shape index (κ3) is 4.73. The van der Waals surface area contributed by atoms with E-state index in [0.717, 1.165) is 77.9 Å². The van der Waals surface area contributed by atoms with Crippen molar-refractivity contribution in [2.75, 3.05) is 61.8 Å². The summed E-state index contributed by atoms with van der Waals surface area (Å²) in [6, 6.07) is 7.82. The molecule has 1 fully saturated rings. The fraction of sp³-hybridized carbons (Fsp3) is 0.429. The molecule has 2 aliphatic rings. The van der Waals surface area contributed by atoms with Gasteiger partial charge in [-0.2, -0.15) is 5.26 Å². The summed E-state index contributed by atoms with van der Waals surface area (Å²) in [5.41, 5.74) is 3.34. The Bertz CT molecular complexity index is 973. The number of ether oxygens (including phenoxy) is 1. The van der Waals surface area contributed by atoms with Gasteiger partial charge in [-0.1, -0.05) is 23.2 Å². The van der Waals surface area contributed by atoms with E-state index in [0.29, 0.717) is 17.2 Å². The topological polar surface area (TPSA) is 64.4 Å². The highest BCUT2D eigenvalue weighted by molar-refractivity contribution is 7.99. The van der Waals surface area contributed by atoms with E-state index < -0.39 is 0 Å². The second kappa shape index (κ2) is 9.52. The first kappa shape index (κ1) is 21.4. The number of halogens is 2. The lowest BCUT2D eigenvalue weighted by Gasteiger charge is -2.37. The number of nitriles is 1. The number of aromatic nitrogens is 1. The number of rotatable bonds is 5. The molecule has 30 heavy (non-hydrogen) atoms. The van der Waals surface area contributed by atoms with Crippen LogP contribution in [0.4, 0.5) is 11.4 Å². The summed E-state index contributed by atoms with van der Waals surface area (Å²) in [5.74, 6) is 1.77. The smallest absolute Gasteiger partial charge is 0.165 e. The molecule has 0 saturated carbocycles. The minimum atomic E-state index is 0.469. The van der Waals surface area contributed by atoms with Gasteiger partial charge in [-0.25, -0.2) is 4.98 Å².